The fourth-order valence-electron chi connectivity index (χ4n) is 2.40. The van der Waals surface area contributed by atoms with Crippen molar-refractivity contribution in [3.05, 3.63) is 64.4 Å². The van der Waals surface area contributed by atoms with E-state index in [0.29, 0.717) is 22.0 Å². The van der Waals surface area contributed by atoms with Crippen LogP contribution in [0.25, 0.3) is 0 Å². The van der Waals surface area contributed by atoms with Crippen LogP contribution in [0.4, 0.5) is 5.69 Å². The third-order valence-corrected chi connectivity index (χ3v) is 4.60. The van der Waals surface area contributed by atoms with E-state index in [1.54, 1.807) is 37.4 Å². The Morgan fingerprint density at radius 2 is 2.04 bits per heavy atom. The van der Waals surface area contributed by atoms with Gasteiger partial charge in [0.15, 0.2) is 0 Å². The number of H-pyrrole nitrogens is 1. The minimum atomic E-state index is -0.332. The molecule has 0 bridgehead atoms. The largest absolute Gasteiger partial charge is 0.342 e. The highest BCUT2D eigenvalue weighted by Crippen LogP contribution is 2.23. The zero-order chi connectivity index (χ0) is 17.8. The lowest BCUT2D eigenvalue weighted by Crippen LogP contribution is -2.31. The number of anilines is 1. The molecule has 2 aromatic heterocycles. The maximum atomic E-state index is 12.7. The fourth-order valence-corrected chi connectivity index (χ4v) is 3.10. The molecule has 1 unspecified atom stereocenters. The van der Waals surface area contributed by atoms with Crippen LogP contribution in [0.3, 0.4) is 0 Å². The Bertz CT molecular complexity index is 861. The van der Waals surface area contributed by atoms with Gasteiger partial charge in [-0.3, -0.25) is 14.7 Å². The number of rotatable bonds is 5. The monoisotopic (exact) mass is 355 g/mol. The highest BCUT2D eigenvalue weighted by molar-refractivity contribution is 7.12. The second-order valence-electron chi connectivity index (χ2n) is 5.42. The average molecular weight is 355 g/mol. The first-order valence-corrected chi connectivity index (χ1v) is 8.52. The molecule has 0 fully saturated rings. The van der Waals surface area contributed by atoms with E-state index < -0.39 is 0 Å². The van der Waals surface area contributed by atoms with Crippen molar-refractivity contribution in [3.63, 3.8) is 0 Å². The second kappa shape index (κ2) is 7.27. The van der Waals surface area contributed by atoms with Gasteiger partial charge in [0.05, 0.1) is 22.2 Å². The van der Waals surface area contributed by atoms with Crippen molar-refractivity contribution < 1.29 is 9.59 Å². The molecule has 8 heteroatoms. The Morgan fingerprint density at radius 3 is 2.72 bits per heavy atom. The molecular formula is C17H17N5O2S. The van der Waals surface area contributed by atoms with Crippen LogP contribution < -0.4 is 10.2 Å². The summed E-state index contributed by atoms with van der Waals surface area (Å²) in [5, 5.41) is 11.2. The van der Waals surface area contributed by atoms with Gasteiger partial charge >= 0.3 is 0 Å². The van der Waals surface area contributed by atoms with E-state index in [1.165, 1.54) is 22.6 Å². The molecule has 1 aromatic carbocycles. The molecule has 25 heavy (non-hydrogen) atoms. The van der Waals surface area contributed by atoms with Crippen LogP contribution >= 0.6 is 11.3 Å². The fraction of sp³-hybridized carbons (Fsp3) is 0.176. The highest BCUT2D eigenvalue weighted by Gasteiger charge is 2.21. The van der Waals surface area contributed by atoms with E-state index in [4.69, 9.17) is 0 Å². The molecule has 0 radical (unpaired) electrons. The number of hydrogen-bond acceptors (Lipinski definition) is 5. The molecule has 3 aromatic rings. The molecular weight excluding hydrogens is 338 g/mol. The minimum absolute atomic E-state index is 0.154. The van der Waals surface area contributed by atoms with E-state index in [-0.39, 0.29) is 17.9 Å². The molecule has 0 aliphatic carbocycles. The summed E-state index contributed by atoms with van der Waals surface area (Å²) < 4.78 is 0. The molecule has 1 atom stereocenters. The molecule has 0 saturated carbocycles. The molecule has 128 valence electrons. The van der Waals surface area contributed by atoms with Crippen LogP contribution in [0.5, 0.6) is 0 Å². The summed E-state index contributed by atoms with van der Waals surface area (Å²) in [6.07, 6.45) is 1.39. The highest BCUT2D eigenvalue weighted by atomic mass is 32.1. The third-order valence-electron chi connectivity index (χ3n) is 3.74. The zero-order valence-electron chi connectivity index (χ0n) is 13.8. The topological polar surface area (TPSA) is 91.0 Å². The molecule has 0 spiro atoms. The van der Waals surface area contributed by atoms with Gasteiger partial charge in [-0.25, -0.2) is 4.98 Å². The van der Waals surface area contributed by atoms with Crippen LogP contribution in [-0.4, -0.2) is 34.0 Å². The Kier molecular flexibility index (Phi) is 4.90. The number of para-hydroxylation sites is 1. The van der Waals surface area contributed by atoms with Crippen LogP contribution in [-0.2, 0) is 0 Å². The number of thiophene rings is 1. The van der Waals surface area contributed by atoms with Gasteiger partial charge in [-0.2, -0.15) is 5.10 Å². The first-order chi connectivity index (χ1) is 12.1. The molecule has 0 saturated heterocycles. The lowest BCUT2D eigenvalue weighted by molar-refractivity contribution is 0.0939. The van der Waals surface area contributed by atoms with E-state index in [2.05, 4.69) is 20.5 Å². The van der Waals surface area contributed by atoms with Gasteiger partial charge in [0.25, 0.3) is 11.8 Å². The lowest BCUT2D eigenvalue weighted by Gasteiger charge is -2.20. The summed E-state index contributed by atoms with van der Waals surface area (Å²) in [7, 11) is 1.66. The summed E-state index contributed by atoms with van der Waals surface area (Å²) in [6, 6.07) is 10.3. The molecule has 0 aliphatic heterocycles. The number of amides is 2. The number of carbonyl (C=O) groups excluding carboxylic acids is 2. The number of benzene rings is 1. The van der Waals surface area contributed by atoms with Gasteiger partial charge in [-0.15, -0.1) is 11.3 Å². The normalized spacial score (nSPS) is 11.8. The van der Waals surface area contributed by atoms with Crippen LogP contribution in [0.1, 0.15) is 38.8 Å². The molecule has 3 rings (SSSR count). The number of hydrogen-bond donors (Lipinski definition) is 2. The summed E-state index contributed by atoms with van der Waals surface area (Å²) >= 11 is 1.37. The maximum absolute atomic E-state index is 12.7. The maximum Gasteiger partial charge on any atom is 0.268 e. The van der Waals surface area contributed by atoms with Crippen molar-refractivity contribution in [1.82, 2.24) is 20.5 Å². The lowest BCUT2D eigenvalue weighted by atomic mass is 10.1. The molecule has 2 amide bonds. The predicted molar refractivity (Wildman–Crippen MR) is 95.8 cm³/mol. The van der Waals surface area contributed by atoms with Crippen molar-refractivity contribution in [2.75, 3.05) is 11.9 Å². The average Bonchev–Trinajstić information content (AvgIpc) is 3.33. The molecule has 2 heterocycles. The molecule has 0 aliphatic rings. The van der Waals surface area contributed by atoms with Crippen molar-refractivity contribution in [3.8, 4) is 0 Å². The predicted octanol–water partition coefficient (Wildman–Crippen LogP) is 2.63. The van der Waals surface area contributed by atoms with E-state index in [9.17, 15) is 9.59 Å². The van der Waals surface area contributed by atoms with Crippen LogP contribution in [0, 0.1) is 0 Å². The molecule has 2 N–H and O–H groups in total. The van der Waals surface area contributed by atoms with Gasteiger partial charge in [0, 0.05) is 7.05 Å². The SMILES string of the molecule is CC(NC(=O)c1ccccc1N(C)C(=O)c1cccs1)c1ncn[nH]1. The number of nitrogens with zero attached hydrogens (tertiary/aromatic N) is 3. The summed E-state index contributed by atoms with van der Waals surface area (Å²) in [5.41, 5.74) is 0.962. The standard InChI is InChI=1S/C17H17N5O2S/c1-11(15-18-10-19-21-15)20-16(23)12-6-3-4-7-13(12)22(2)17(24)14-8-5-9-25-14/h3-11H,1-2H3,(H,20,23)(H,18,19,21). The van der Waals surface area contributed by atoms with Crippen LogP contribution in [0.15, 0.2) is 48.1 Å². The smallest absolute Gasteiger partial charge is 0.268 e. The quantitative estimate of drug-likeness (QED) is 0.736. The van der Waals surface area contributed by atoms with E-state index >= 15 is 0 Å². The number of nitrogens with one attached hydrogen (secondary N) is 2. The van der Waals surface area contributed by atoms with E-state index in [0.717, 1.165) is 0 Å². The summed E-state index contributed by atoms with van der Waals surface area (Å²) in [4.78, 5) is 31.4. The van der Waals surface area contributed by atoms with Gasteiger partial charge < -0.3 is 10.2 Å². The van der Waals surface area contributed by atoms with Crippen molar-refractivity contribution >= 4 is 28.8 Å². The summed E-state index contributed by atoms with van der Waals surface area (Å²) in [5.74, 6) is 0.123. The van der Waals surface area contributed by atoms with Crippen molar-refractivity contribution in [1.29, 1.82) is 0 Å². The first kappa shape index (κ1) is 16.8. The number of carbonyl (C=O) groups is 2. The zero-order valence-corrected chi connectivity index (χ0v) is 14.6. The van der Waals surface area contributed by atoms with Gasteiger partial charge in [0.2, 0.25) is 0 Å². The third kappa shape index (κ3) is 3.58. The Hall–Kier alpha value is -3.00. The number of aromatic nitrogens is 3. The summed E-state index contributed by atoms with van der Waals surface area (Å²) in [6.45, 7) is 1.81. The Labute approximate surface area is 148 Å². The Balaban J connectivity index is 1.83. The van der Waals surface area contributed by atoms with Crippen molar-refractivity contribution in [2.45, 2.75) is 13.0 Å². The van der Waals surface area contributed by atoms with Crippen molar-refractivity contribution in [2.24, 2.45) is 0 Å². The van der Waals surface area contributed by atoms with Gasteiger partial charge in [-0.1, -0.05) is 18.2 Å². The van der Waals surface area contributed by atoms with E-state index in [1.807, 2.05) is 18.4 Å². The number of aromatic amines is 1. The van der Waals surface area contributed by atoms with Crippen LogP contribution in [0.2, 0.25) is 0 Å². The van der Waals surface area contributed by atoms with Gasteiger partial charge in [0.1, 0.15) is 12.2 Å². The molecule has 7 nitrogen and oxygen atoms in total. The Morgan fingerprint density at radius 1 is 1.24 bits per heavy atom. The second-order valence-corrected chi connectivity index (χ2v) is 6.37. The first-order valence-electron chi connectivity index (χ1n) is 7.64. The van der Waals surface area contributed by atoms with Gasteiger partial charge in [-0.05, 0) is 30.5 Å². The minimum Gasteiger partial charge on any atom is -0.342 e.